The van der Waals surface area contributed by atoms with Gasteiger partial charge in [-0.2, -0.15) is 0 Å². The number of ether oxygens (including phenoxy) is 1. The fraction of sp³-hybridized carbons (Fsp3) is 0.500. The van der Waals surface area contributed by atoms with E-state index in [0.29, 0.717) is 30.8 Å². The van der Waals surface area contributed by atoms with Gasteiger partial charge in [-0.25, -0.2) is 0 Å². The van der Waals surface area contributed by atoms with Crippen LogP contribution in [0.15, 0.2) is 24.3 Å². The van der Waals surface area contributed by atoms with Gasteiger partial charge >= 0.3 is 0 Å². The lowest BCUT2D eigenvalue weighted by atomic mass is 10.2. The van der Waals surface area contributed by atoms with Gasteiger partial charge in [-0.05, 0) is 43.5 Å². The van der Waals surface area contributed by atoms with Gasteiger partial charge < -0.3 is 20.7 Å². The lowest BCUT2D eigenvalue weighted by Crippen LogP contribution is -2.34. The van der Waals surface area contributed by atoms with Crippen molar-refractivity contribution in [1.82, 2.24) is 10.2 Å². The third-order valence-electron chi connectivity index (χ3n) is 4.06. The summed E-state index contributed by atoms with van der Waals surface area (Å²) in [5.74, 6) is -0.0289. The molecule has 3 N–H and O–H groups in total. The lowest BCUT2D eigenvalue weighted by molar-refractivity contribution is -0.130. The van der Waals surface area contributed by atoms with Gasteiger partial charge in [0.25, 0.3) is 11.8 Å². The minimum Gasteiger partial charge on any atom is -0.484 e. The van der Waals surface area contributed by atoms with Gasteiger partial charge in [-0.1, -0.05) is 6.42 Å². The van der Waals surface area contributed by atoms with Gasteiger partial charge in [-0.3, -0.25) is 14.4 Å². The molecule has 7 nitrogen and oxygen atoms in total. The lowest BCUT2D eigenvalue weighted by Gasteiger charge is -2.20. The number of hydrogen-bond acceptors (Lipinski definition) is 4. The van der Waals surface area contributed by atoms with Crippen LogP contribution in [0.25, 0.3) is 0 Å². The fourth-order valence-corrected chi connectivity index (χ4v) is 2.71. The van der Waals surface area contributed by atoms with Gasteiger partial charge in [-0.15, -0.1) is 0 Å². The molecule has 0 aromatic heterocycles. The minimum atomic E-state index is -0.551. The molecule has 0 spiro atoms. The van der Waals surface area contributed by atoms with Crippen LogP contribution in [0.3, 0.4) is 0 Å². The Hall–Kier alpha value is -2.57. The Morgan fingerprint density at radius 2 is 1.92 bits per heavy atom. The Morgan fingerprint density at radius 1 is 1.16 bits per heavy atom. The first kappa shape index (κ1) is 18.8. The van der Waals surface area contributed by atoms with Crippen LogP contribution in [-0.4, -0.2) is 48.9 Å². The summed E-state index contributed by atoms with van der Waals surface area (Å²) in [6.07, 6.45) is 4.51. The first-order chi connectivity index (χ1) is 12.1. The summed E-state index contributed by atoms with van der Waals surface area (Å²) in [5, 5.41) is 2.85. The Morgan fingerprint density at radius 3 is 2.64 bits per heavy atom. The maximum absolute atomic E-state index is 12.1. The Bertz CT molecular complexity index is 601. The summed E-state index contributed by atoms with van der Waals surface area (Å²) < 4.78 is 5.14. The van der Waals surface area contributed by atoms with Gasteiger partial charge in [0.05, 0.1) is 0 Å². The fourth-order valence-electron chi connectivity index (χ4n) is 2.71. The highest BCUT2D eigenvalue weighted by Gasteiger charge is 2.15. The largest absolute Gasteiger partial charge is 0.484 e. The number of nitrogens with two attached hydrogens (primary N) is 1. The third-order valence-corrected chi connectivity index (χ3v) is 4.06. The predicted octanol–water partition coefficient (Wildman–Crippen LogP) is 1.07. The molecule has 2 rings (SSSR count). The highest BCUT2D eigenvalue weighted by molar-refractivity contribution is 5.94. The quantitative estimate of drug-likeness (QED) is 0.687. The molecule has 0 atom stereocenters. The van der Waals surface area contributed by atoms with E-state index in [2.05, 4.69) is 5.32 Å². The molecule has 0 radical (unpaired) electrons. The molecule has 1 heterocycles. The second kappa shape index (κ2) is 9.66. The van der Waals surface area contributed by atoms with E-state index < -0.39 is 5.91 Å². The summed E-state index contributed by atoms with van der Waals surface area (Å²) >= 11 is 0. The van der Waals surface area contributed by atoms with Crippen molar-refractivity contribution < 1.29 is 19.1 Å². The van der Waals surface area contributed by atoms with Crippen molar-refractivity contribution in [3.05, 3.63) is 29.8 Å². The van der Waals surface area contributed by atoms with Crippen LogP contribution in [0, 0.1) is 0 Å². The third kappa shape index (κ3) is 6.45. The molecule has 0 aliphatic carbocycles. The Kier molecular flexibility index (Phi) is 7.25. The molecule has 1 fully saturated rings. The topological polar surface area (TPSA) is 102 Å². The number of nitrogens with zero attached hydrogens (tertiary/aromatic N) is 1. The number of carbonyl (C=O) groups excluding carboxylic acids is 3. The second-order valence-electron chi connectivity index (χ2n) is 6.08. The Balaban J connectivity index is 1.70. The normalized spacial score (nSPS) is 14.7. The summed E-state index contributed by atoms with van der Waals surface area (Å²) in [4.78, 5) is 36.5. The zero-order chi connectivity index (χ0) is 18.1. The number of rotatable bonds is 8. The molecule has 0 bridgehead atoms. The van der Waals surface area contributed by atoms with Gasteiger partial charge in [0.15, 0.2) is 6.61 Å². The van der Waals surface area contributed by atoms with E-state index in [1.807, 2.05) is 4.90 Å². The first-order valence-electron chi connectivity index (χ1n) is 8.63. The van der Waals surface area contributed by atoms with Crippen LogP contribution in [0.5, 0.6) is 5.75 Å². The van der Waals surface area contributed by atoms with E-state index in [4.69, 9.17) is 10.5 Å². The smallest absolute Gasteiger partial charge is 0.255 e. The van der Waals surface area contributed by atoms with Crippen LogP contribution >= 0.6 is 0 Å². The van der Waals surface area contributed by atoms with E-state index in [9.17, 15) is 14.4 Å². The molecule has 0 unspecified atom stereocenters. The summed E-state index contributed by atoms with van der Waals surface area (Å²) in [5.41, 5.74) is 5.52. The van der Waals surface area contributed by atoms with Crippen molar-refractivity contribution >= 4 is 17.7 Å². The molecule has 7 heteroatoms. The molecule has 1 saturated heterocycles. The van der Waals surface area contributed by atoms with Crippen molar-refractivity contribution in [1.29, 1.82) is 0 Å². The van der Waals surface area contributed by atoms with Crippen LogP contribution in [0.2, 0.25) is 0 Å². The highest BCUT2D eigenvalue weighted by atomic mass is 16.5. The maximum Gasteiger partial charge on any atom is 0.255 e. The van der Waals surface area contributed by atoms with Crippen LogP contribution < -0.4 is 15.8 Å². The van der Waals surface area contributed by atoms with Crippen LogP contribution in [0.1, 0.15) is 42.5 Å². The molecule has 25 heavy (non-hydrogen) atoms. The van der Waals surface area contributed by atoms with Gasteiger partial charge in [0.1, 0.15) is 5.75 Å². The van der Waals surface area contributed by atoms with E-state index in [1.165, 1.54) is 0 Å². The van der Waals surface area contributed by atoms with E-state index >= 15 is 0 Å². The minimum absolute atomic E-state index is 0.177. The molecule has 136 valence electrons. The van der Waals surface area contributed by atoms with Crippen LogP contribution in [-0.2, 0) is 9.59 Å². The van der Waals surface area contributed by atoms with Crippen molar-refractivity contribution in [3.63, 3.8) is 0 Å². The van der Waals surface area contributed by atoms with Crippen molar-refractivity contribution in [2.24, 2.45) is 5.73 Å². The maximum atomic E-state index is 12.1. The SMILES string of the molecule is NC(=O)COc1ccc(C(=O)NCCCN2CCCCCC2=O)cc1. The monoisotopic (exact) mass is 347 g/mol. The summed E-state index contributed by atoms with van der Waals surface area (Å²) in [6, 6.07) is 6.50. The molecule has 1 aliphatic rings. The van der Waals surface area contributed by atoms with Gasteiger partial charge in [0, 0.05) is 31.6 Å². The highest BCUT2D eigenvalue weighted by Crippen LogP contribution is 2.13. The number of likely N-dealkylation sites (tertiary alicyclic amines) is 1. The number of benzene rings is 1. The van der Waals surface area contributed by atoms with Gasteiger partial charge in [0.2, 0.25) is 5.91 Å². The zero-order valence-electron chi connectivity index (χ0n) is 14.3. The summed E-state index contributed by atoms with van der Waals surface area (Å²) in [7, 11) is 0. The number of primary amides is 1. The molecule has 3 amide bonds. The first-order valence-corrected chi connectivity index (χ1v) is 8.63. The molecular formula is C18H25N3O4. The summed E-state index contributed by atoms with van der Waals surface area (Å²) in [6.45, 7) is 1.82. The average molecular weight is 347 g/mol. The Labute approximate surface area is 147 Å². The molecule has 1 aromatic rings. The predicted molar refractivity (Wildman–Crippen MR) is 93.1 cm³/mol. The molecule has 1 aliphatic heterocycles. The number of nitrogens with one attached hydrogen (secondary N) is 1. The van der Waals surface area contributed by atoms with Crippen molar-refractivity contribution in [2.45, 2.75) is 32.1 Å². The van der Waals surface area contributed by atoms with Crippen molar-refractivity contribution in [3.8, 4) is 5.75 Å². The van der Waals surface area contributed by atoms with E-state index in [0.717, 1.165) is 32.2 Å². The number of hydrogen-bond donors (Lipinski definition) is 2. The second-order valence-corrected chi connectivity index (χ2v) is 6.08. The van der Waals surface area contributed by atoms with Crippen molar-refractivity contribution in [2.75, 3.05) is 26.2 Å². The molecule has 0 saturated carbocycles. The van der Waals surface area contributed by atoms with E-state index in [1.54, 1.807) is 24.3 Å². The standard InChI is InChI=1S/C18H25N3O4/c19-16(22)13-25-15-8-6-14(7-9-15)18(24)20-10-4-12-21-11-3-1-2-5-17(21)23/h6-9H,1-5,10-13H2,(H2,19,22)(H,20,24). The molecule has 1 aromatic carbocycles. The van der Waals surface area contributed by atoms with E-state index in [-0.39, 0.29) is 18.4 Å². The average Bonchev–Trinajstić information content (AvgIpc) is 2.81. The number of carbonyl (C=O) groups is 3. The number of amides is 3. The molecular weight excluding hydrogens is 322 g/mol. The van der Waals surface area contributed by atoms with Crippen LogP contribution in [0.4, 0.5) is 0 Å². The zero-order valence-corrected chi connectivity index (χ0v) is 14.3.